The Morgan fingerprint density at radius 2 is 1.46 bits per heavy atom. The van der Waals surface area contributed by atoms with E-state index in [0.717, 1.165) is 32.3 Å². The number of rotatable bonds is 12. The van der Waals surface area contributed by atoms with Gasteiger partial charge in [0, 0.05) is 18.0 Å². The van der Waals surface area contributed by atoms with Gasteiger partial charge in [-0.15, -0.1) is 11.8 Å². The summed E-state index contributed by atoms with van der Waals surface area (Å²) in [5.41, 5.74) is 3.27. The first-order chi connectivity index (χ1) is 18.6. The fourth-order valence-electron chi connectivity index (χ4n) is 3.98. The monoisotopic (exact) mass is 567 g/mol. The number of sulfonamides is 1. The molecular weight excluding hydrogens is 530 g/mol. The molecular formula is C30H37N3O4S2. The highest BCUT2D eigenvalue weighted by Gasteiger charge is 2.32. The van der Waals surface area contributed by atoms with Crippen LogP contribution in [0.3, 0.4) is 0 Å². The predicted molar refractivity (Wildman–Crippen MR) is 158 cm³/mol. The summed E-state index contributed by atoms with van der Waals surface area (Å²) in [6.07, 6.45) is 2.68. The molecule has 0 aliphatic heterocycles. The highest BCUT2D eigenvalue weighted by molar-refractivity contribution is 7.98. The zero-order valence-corrected chi connectivity index (χ0v) is 24.8. The van der Waals surface area contributed by atoms with Crippen molar-refractivity contribution in [2.24, 2.45) is 0 Å². The molecule has 1 unspecified atom stereocenters. The van der Waals surface area contributed by atoms with Gasteiger partial charge in [-0.05, 0) is 75.4 Å². The maximum Gasteiger partial charge on any atom is 0.264 e. The number of anilines is 1. The summed E-state index contributed by atoms with van der Waals surface area (Å²) in [6.45, 7) is 7.72. The number of benzene rings is 3. The minimum atomic E-state index is -4.08. The summed E-state index contributed by atoms with van der Waals surface area (Å²) in [4.78, 5) is 29.3. The first-order valence-electron chi connectivity index (χ1n) is 12.9. The summed E-state index contributed by atoms with van der Waals surface area (Å²) in [5.74, 6) is -0.755. The number of carbonyl (C=O) groups excluding carboxylic acids is 2. The molecule has 7 nitrogen and oxygen atoms in total. The molecule has 1 N–H and O–H groups in total. The maximum absolute atomic E-state index is 13.9. The van der Waals surface area contributed by atoms with E-state index in [0.29, 0.717) is 12.2 Å². The topological polar surface area (TPSA) is 86.8 Å². The van der Waals surface area contributed by atoms with Gasteiger partial charge in [-0.3, -0.25) is 13.9 Å². The Hall–Kier alpha value is -3.30. The molecule has 0 aliphatic carbocycles. The second kappa shape index (κ2) is 13.7. The average molecular weight is 568 g/mol. The zero-order chi connectivity index (χ0) is 28.6. The Kier molecular flexibility index (Phi) is 10.6. The van der Waals surface area contributed by atoms with E-state index in [1.165, 1.54) is 16.7 Å². The first-order valence-corrected chi connectivity index (χ1v) is 15.6. The summed E-state index contributed by atoms with van der Waals surface area (Å²) < 4.78 is 28.9. The fraction of sp³-hybridized carbons (Fsp3) is 0.333. The molecule has 39 heavy (non-hydrogen) atoms. The lowest BCUT2D eigenvalue weighted by atomic mass is 10.1. The third-order valence-electron chi connectivity index (χ3n) is 6.44. The summed E-state index contributed by atoms with van der Waals surface area (Å²) in [6, 6.07) is 20.5. The number of nitrogens with zero attached hydrogens (tertiary/aromatic N) is 2. The quantitative estimate of drug-likeness (QED) is 0.306. The highest BCUT2D eigenvalue weighted by Crippen LogP contribution is 2.26. The molecule has 0 fully saturated rings. The van der Waals surface area contributed by atoms with Crippen LogP contribution in [0.4, 0.5) is 5.69 Å². The largest absolute Gasteiger partial charge is 0.354 e. The van der Waals surface area contributed by atoms with Crippen molar-refractivity contribution in [3.63, 3.8) is 0 Å². The van der Waals surface area contributed by atoms with Gasteiger partial charge < -0.3 is 10.2 Å². The number of aryl methyl sites for hydroxylation is 2. The molecule has 2 amide bonds. The molecule has 0 heterocycles. The summed E-state index contributed by atoms with van der Waals surface area (Å²) in [5, 5.41) is 2.85. The maximum atomic E-state index is 13.9. The molecule has 1 atom stereocenters. The van der Waals surface area contributed by atoms with Crippen LogP contribution in [0, 0.1) is 13.8 Å². The Bertz CT molecular complexity index is 1360. The van der Waals surface area contributed by atoms with Crippen molar-refractivity contribution in [2.45, 2.75) is 56.5 Å². The lowest BCUT2D eigenvalue weighted by molar-refractivity contribution is -0.139. The minimum absolute atomic E-state index is 0.0903. The van der Waals surface area contributed by atoms with Crippen LogP contribution in [0.15, 0.2) is 82.6 Å². The molecule has 208 valence electrons. The molecule has 0 bridgehead atoms. The van der Waals surface area contributed by atoms with Crippen LogP contribution < -0.4 is 9.62 Å². The van der Waals surface area contributed by atoms with Gasteiger partial charge in [0.15, 0.2) is 0 Å². The van der Waals surface area contributed by atoms with Crippen LogP contribution in [-0.2, 0) is 26.2 Å². The second-order valence-corrected chi connectivity index (χ2v) is 12.2. The van der Waals surface area contributed by atoms with Crippen molar-refractivity contribution in [3.05, 3.63) is 89.5 Å². The van der Waals surface area contributed by atoms with E-state index in [4.69, 9.17) is 0 Å². The van der Waals surface area contributed by atoms with Crippen molar-refractivity contribution < 1.29 is 18.0 Å². The van der Waals surface area contributed by atoms with Crippen molar-refractivity contribution in [1.29, 1.82) is 0 Å². The SMILES string of the molecule is CCCNC(=O)C(C)N(Cc1ccc(C)cc1)C(=O)CN(c1ccc(C)cc1)S(=O)(=O)c1ccc(SC)cc1. The number of amides is 2. The first kappa shape index (κ1) is 30.2. The number of nitrogens with one attached hydrogen (secondary N) is 1. The molecule has 0 radical (unpaired) electrons. The Balaban J connectivity index is 2.00. The molecule has 9 heteroatoms. The molecule has 0 saturated heterocycles. The molecule has 0 aliphatic rings. The lowest BCUT2D eigenvalue weighted by Gasteiger charge is -2.32. The number of hydrogen-bond acceptors (Lipinski definition) is 5. The van der Waals surface area contributed by atoms with Crippen LogP contribution in [0.25, 0.3) is 0 Å². The average Bonchev–Trinajstić information content (AvgIpc) is 2.94. The van der Waals surface area contributed by atoms with Crippen molar-refractivity contribution in [3.8, 4) is 0 Å². The van der Waals surface area contributed by atoms with Crippen molar-refractivity contribution in [2.75, 3.05) is 23.7 Å². The van der Waals surface area contributed by atoms with Gasteiger partial charge in [-0.2, -0.15) is 0 Å². The molecule has 0 aromatic heterocycles. The van der Waals surface area contributed by atoms with E-state index in [9.17, 15) is 18.0 Å². The van der Waals surface area contributed by atoms with Crippen molar-refractivity contribution in [1.82, 2.24) is 10.2 Å². The van der Waals surface area contributed by atoms with E-state index in [1.807, 2.05) is 63.4 Å². The van der Waals surface area contributed by atoms with Crippen LogP contribution in [0.2, 0.25) is 0 Å². The minimum Gasteiger partial charge on any atom is -0.354 e. The van der Waals surface area contributed by atoms with Crippen LogP contribution in [-0.4, -0.2) is 50.5 Å². The second-order valence-electron chi connectivity index (χ2n) is 9.50. The third-order valence-corrected chi connectivity index (χ3v) is 8.97. The Morgan fingerprint density at radius 3 is 2.00 bits per heavy atom. The smallest absolute Gasteiger partial charge is 0.264 e. The number of carbonyl (C=O) groups is 2. The molecule has 3 aromatic rings. The van der Waals surface area contributed by atoms with Gasteiger partial charge >= 0.3 is 0 Å². The molecule has 0 saturated carbocycles. The van der Waals surface area contributed by atoms with E-state index in [2.05, 4.69) is 5.32 Å². The van der Waals surface area contributed by atoms with Crippen molar-refractivity contribution >= 4 is 39.3 Å². The lowest BCUT2D eigenvalue weighted by Crippen LogP contribution is -2.51. The van der Waals surface area contributed by atoms with E-state index in [1.54, 1.807) is 43.3 Å². The van der Waals surface area contributed by atoms with Gasteiger partial charge in [0.25, 0.3) is 10.0 Å². The van der Waals surface area contributed by atoms with E-state index in [-0.39, 0.29) is 17.3 Å². The van der Waals surface area contributed by atoms with Crippen LogP contribution >= 0.6 is 11.8 Å². The molecule has 3 aromatic carbocycles. The normalized spacial score (nSPS) is 12.0. The Morgan fingerprint density at radius 1 is 0.897 bits per heavy atom. The van der Waals surface area contributed by atoms with E-state index < -0.39 is 28.5 Å². The van der Waals surface area contributed by atoms with Crippen LogP contribution in [0.5, 0.6) is 0 Å². The van der Waals surface area contributed by atoms with Gasteiger partial charge in [0.2, 0.25) is 11.8 Å². The fourth-order valence-corrected chi connectivity index (χ4v) is 5.81. The van der Waals surface area contributed by atoms with Gasteiger partial charge in [0.1, 0.15) is 12.6 Å². The number of hydrogen-bond donors (Lipinski definition) is 1. The zero-order valence-electron chi connectivity index (χ0n) is 23.2. The van der Waals surface area contributed by atoms with Gasteiger partial charge in [0.05, 0.1) is 10.6 Å². The third kappa shape index (κ3) is 7.86. The highest BCUT2D eigenvalue weighted by atomic mass is 32.2. The van der Waals surface area contributed by atoms with Gasteiger partial charge in [-0.25, -0.2) is 8.42 Å². The molecule has 3 rings (SSSR count). The van der Waals surface area contributed by atoms with Crippen LogP contribution in [0.1, 0.15) is 37.0 Å². The molecule has 0 spiro atoms. The summed E-state index contributed by atoms with van der Waals surface area (Å²) >= 11 is 1.52. The van der Waals surface area contributed by atoms with E-state index >= 15 is 0 Å². The Labute approximate surface area is 236 Å². The van der Waals surface area contributed by atoms with Gasteiger partial charge in [-0.1, -0.05) is 54.4 Å². The summed E-state index contributed by atoms with van der Waals surface area (Å²) in [7, 11) is -4.08. The standard InChI is InChI=1S/C30H37N3O4S2/c1-6-19-31-30(35)24(4)32(20-25-11-7-22(2)8-12-25)29(34)21-33(26-13-9-23(3)10-14-26)39(36,37)28-17-15-27(38-5)16-18-28/h7-18,24H,6,19-21H2,1-5H3,(H,31,35). The predicted octanol–water partition coefficient (Wildman–Crippen LogP) is 5.16. The number of thioether (sulfide) groups is 1.